The first-order valence-electron chi connectivity index (χ1n) is 7.51. The van der Waals surface area contributed by atoms with Gasteiger partial charge in [-0.25, -0.2) is 0 Å². The number of hydrogen-bond acceptors (Lipinski definition) is 4. The minimum atomic E-state index is -1.04. The SMILES string of the molecule is COc1ccc(Cl)cc1NC(=O)C1(C(=O)NCc2ccco2)CC1. The van der Waals surface area contributed by atoms with Crippen LogP contribution < -0.4 is 15.4 Å². The van der Waals surface area contributed by atoms with Gasteiger partial charge in [0.15, 0.2) is 0 Å². The van der Waals surface area contributed by atoms with Gasteiger partial charge >= 0.3 is 0 Å². The van der Waals surface area contributed by atoms with Crippen LogP contribution in [0.3, 0.4) is 0 Å². The quantitative estimate of drug-likeness (QED) is 0.786. The molecule has 6 nitrogen and oxygen atoms in total. The van der Waals surface area contributed by atoms with Gasteiger partial charge in [-0.3, -0.25) is 9.59 Å². The monoisotopic (exact) mass is 348 g/mol. The molecule has 2 N–H and O–H groups in total. The summed E-state index contributed by atoms with van der Waals surface area (Å²) in [4.78, 5) is 25.0. The first-order valence-corrected chi connectivity index (χ1v) is 7.88. The highest BCUT2D eigenvalue weighted by atomic mass is 35.5. The lowest BCUT2D eigenvalue weighted by atomic mass is 10.0. The van der Waals surface area contributed by atoms with E-state index in [0.29, 0.717) is 35.1 Å². The minimum Gasteiger partial charge on any atom is -0.495 e. The average molecular weight is 349 g/mol. The highest BCUT2D eigenvalue weighted by molar-refractivity contribution is 6.31. The Morgan fingerprint density at radius 2 is 2.08 bits per heavy atom. The predicted octanol–water partition coefficient (Wildman–Crippen LogP) is 2.98. The molecule has 2 aromatic rings. The number of furan rings is 1. The maximum atomic E-state index is 12.6. The number of carbonyl (C=O) groups excluding carboxylic acids is 2. The van der Waals surface area contributed by atoms with Gasteiger partial charge in [-0.15, -0.1) is 0 Å². The Labute approximate surface area is 144 Å². The van der Waals surface area contributed by atoms with Crippen LogP contribution in [0.4, 0.5) is 5.69 Å². The van der Waals surface area contributed by atoms with Crippen LogP contribution in [0.5, 0.6) is 5.75 Å². The first-order chi connectivity index (χ1) is 11.5. The van der Waals surface area contributed by atoms with Gasteiger partial charge in [0.2, 0.25) is 11.8 Å². The van der Waals surface area contributed by atoms with Crippen molar-refractivity contribution in [2.45, 2.75) is 19.4 Å². The molecule has 0 aliphatic heterocycles. The van der Waals surface area contributed by atoms with Gasteiger partial charge in [0.25, 0.3) is 0 Å². The number of carbonyl (C=O) groups is 2. The van der Waals surface area contributed by atoms with E-state index in [9.17, 15) is 9.59 Å². The van der Waals surface area contributed by atoms with E-state index in [2.05, 4.69) is 10.6 Å². The lowest BCUT2D eigenvalue weighted by Gasteiger charge is -2.16. The molecule has 0 unspecified atom stereocenters. The molecule has 0 radical (unpaired) electrons. The molecule has 0 atom stereocenters. The molecule has 0 spiro atoms. The van der Waals surface area contributed by atoms with Crippen LogP contribution in [-0.2, 0) is 16.1 Å². The normalized spacial score (nSPS) is 14.8. The molecule has 0 bridgehead atoms. The van der Waals surface area contributed by atoms with E-state index in [1.54, 1.807) is 30.3 Å². The molecule has 1 aromatic heterocycles. The summed E-state index contributed by atoms with van der Waals surface area (Å²) >= 11 is 5.96. The van der Waals surface area contributed by atoms with Gasteiger partial charge in [-0.2, -0.15) is 0 Å². The lowest BCUT2D eigenvalue weighted by Crippen LogP contribution is -2.39. The molecule has 1 fully saturated rings. The highest BCUT2D eigenvalue weighted by Gasteiger charge is 2.56. The van der Waals surface area contributed by atoms with Crippen LogP contribution in [0.1, 0.15) is 18.6 Å². The van der Waals surface area contributed by atoms with E-state index in [0.717, 1.165) is 0 Å². The third-order valence-electron chi connectivity index (χ3n) is 4.03. The fraction of sp³-hybridized carbons (Fsp3) is 0.294. The molecule has 1 aromatic carbocycles. The smallest absolute Gasteiger partial charge is 0.240 e. The Kier molecular flexibility index (Phi) is 4.49. The van der Waals surface area contributed by atoms with Crippen molar-refractivity contribution in [2.75, 3.05) is 12.4 Å². The van der Waals surface area contributed by atoms with Crippen LogP contribution in [0, 0.1) is 5.41 Å². The first kappa shape index (κ1) is 16.4. The molecule has 1 aliphatic carbocycles. The molecule has 3 rings (SSSR count). The number of nitrogens with one attached hydrogen (secondary N) is 2. The van der Waals surface area contributed by atoms with E-state index < -0.39 is 5.41 Å². The zero-order valence-electron chi connectivity index (χ0n) is 13.1. The van der Waals surface area contributed by atoms with Gasteiger partial charge in [0.05, 0.1) is 25.6 Å². The number of benzene rings is 1. The molecule has 0 saturated heterocycles. The molecule has 7 heteroatoms. The summed E-state index contributed by atoms with van der Waals surface area (Å²) < 4.78 is 10.4. The number of halogens is 1. The molecular formula is C17H17ClN2O4. The Hall–Kier alpha value is -2.47. The number of rotatable bonds is 6. The lowest BCUT2D eigenvalue weighted by molar-refractivity contribution is -0.134. The van der Waals surface area contributed by atoms with Crippen molar-refractivity contribution in [1.29, 1.82) is 0 Å². The molecule has 126 valence electrons. The molecule has 1 heterocycles. The number of anilines is 1. The zero-order valence-corrected chi connectivity index (χ0v) is 13.9. The van der Waals surface area contributed by atoms with Crippen molar-refractivity contribution >= 4 is 29.1 Å². The average Bonchev–Trinajstić information content (AvgIpc) is 3.22. The molecule has 1 saturated carbocycles. The molecule has 24 heavy (non-hydrogen) atoms. The van der Waals surface area contributed by atoms with Crippen molar-refractivity contribution in [1.82, 2.24) is 5.32 Å². The third kappa shape index (κ3) is 3.23. The van der Waals surface area contributed by atoms with Crippen molar-refractivity contribution in [3.63, 3.8) is 0 Å². The Morgan fingerprint density at radius 3 is 2.71 bits per heavy atom. The fourth-order valence-electron chi connectivity index (χ4n) is 2.45. The number of ether oxygens (including phenoxy) is 1. The van der Waals surface area contributed by atoms with Crippen molar-refractivity contribution in [3.8, 4) is 5.75 Å². The second kappa shape index (κ2) is 6.57. The second-order valence-corrected chi connectivity index (χ2v) is 6.08. The van der Waals surface area contributed by atoms with E-state index in [-0.39, 0.29) is 18.4 Å². The van der Waals surface area contributed by atoms with Crippen molar-refractivity contribution in [2.24, 2.45) is 5.41 Å². The summed E-state index contributed by atoms with van der Waals surface area (Å²) in [7, 11) is 1.50. The standard InChI is InChI=1S/C17H17ClN2O4/c1-23-14-5-4-11(18)9-13(14)20-16(22)17(6-7-17)15(21)19-10-12-3-2-8-24-12/h2-5,8-9H,6-7,10H2,1H3,(H,19,21)(H,20,22). The Balaban J connectivity index is 1.68. The Morgan fingerprint density at radius 1 is 1.29 bits per heavy atom. The van der Waals surface area contributed by atoms with E-state index in [4.69, 9.17) is 20.8 Å². The number of methoxy groups -OCH3 is 1. The summed E-state index contributed by atoms with van der Waals surface area (Å²) in [6, 6.07) is 8.42. The summed E-state index contributed by atoms with van der Waals surface area (Å²) in [5.41, 5.74) is -0.597. The van der Waals surface area contributed by atoms with Gasteiger partial charge in [0, 0.05) is 5.02 Å². The zero-order chi connectivity index (χ0) is 17.2. The number of amides is 2. The maximum absolute atomic E-state index is 12.6. The van der Waals surface area contributed by atoms with Crippen molar-refractivity contribution < 1.29 is 18.7 Å². The van der Waals surface area contributed by atoms with Gasteiger partial charge in [-0.1, -0.05) is 11.6 Å². The summed E-state index contributed by atoms with van der Waals surface area (Å²) in [5.74, 6) is 0.452. The largest absolute Gasteiger partial charge is 0.495 e. The van der Waals surface area contributed by atoms with E-state index in [1.807, 2.05) is 0 Å². The fourth-order valence-corrected chi connectivity index (χ4v) is 2.62. The Bertz CT molecular complexity index is 754. The highest BCUT2D eigenvalue weighted by Crippen LogP contribution is 2.47. The van der Waals surface area contributed by atoms with Crippen LogP contribution in [0.15, 0.2) is 41.0 Å². The van der Waals surface area contributed by atoms with Gasteiger partial charge in [-0.05, 0) is 43.2 Å². The summed E-state index contributed by atoms with van der Waals surface area (Å²) in [6.07, 6.45) is 2.55. The van der Waals surface area contributed by atoms with Crippen LogP contribution in [-0.4, -0.2) is 18.9 Å². The minimum absolute atomic E-state index is 0.251. The second-order valence-electron chi connectivity index (χ2n) is 5.64. The predicted molar refractivity (Wildman–Crippen MR) is 88.9 cm³/mol. The van der Waals surface area contributed by atoms with Crippen LogP contribution in [0.25, 0.3) is 0 Å². The van der Waals surface area contributed by atoms with Crippen molar-refractivity contribution in [3.05, 3.63) is 47.4 Å². The molecular weight excluding hydrogens is 332 g/mol. The molecule has 2 amide bonds. The summed E-state index contributed by atoms with van der Waals surface area (Å²) in [6.45, 7) is 0.251. The number of hydrogen-bond donors (Lipinski definition) is 2. The van der Waals surface area contributed by atoms with Crippen LogP contribution >= 0.6 is 11.6 Å². The van der Waals surface area contributed by atoms with Gasteiger partial charge < -0.3 is 19.8 Å². The topological polar surface area (TPSA) is 80.6 Å². The third-order valence-corrected chi connectivity index (χ3v) is 4.27. The van der Waals surface area contributed by atoms with E-state index >= 15 is 0 Å². The van der Waals surface area contributed by atoms with Gasteiger partial charge in [0.1, 0.15) is 16.9 Å². The van der Waals surface area contributed by atoms with E-state index in [1.165, 1.54) is 13.4 Å². The van der Waals surface area contributed by atoms with Crippen LogP contribution in [0.2, 0.25) is 5.02 Å². The summed E-state index contributed by atoms with van der Waals surface area (Å²) in [5, 5.41) is 5.96. The molecule has 1 aliphatic rings. The maximum Gasteiger partial charge on any atom is 0.240 e.